The Balaban J connectivity index is 2.11. The maximum atomic E-state index is 12.9. The van der Waals surface area contributed by atoms with Gasteiger partial charge in [-0.15, -0.1) is 11.6 Å². The average molecular weight is 489 g/mol. The van der Waals surface area contributed by atoms with Gasteiger partial charge < -0.3 is 14.2 Å². The molecular weight excluding hydrogens is 463 g/mol. The summed E-state index contributed by atoms with van der Waals surface area (Å²) in [7, 11) is -3.77. The van der Waals surface area contributed by atoms with Crippen LogP contribution in [0, 0.1) is 5.92 Å². The van der Waals surface area contributed by atoms with Gasteiger partial charge in [0.1, 0.15) is 24.2 Å². The van der Waals surface area contributed by atoms with E-state index in [1.165, 1.54) is 37.3 Å². The Hall–Kier alpha value is -1.96. The summed E-state index contributed by atoms with van der Waals surface area (Å²) in [6.45, 7) is 6.01. The van der Waals surface area contributed by atoms with Crippen molar-refractivity contribution in [1.29, 1.82) is 0 Å². The van der Waals surface area contributed by atoms with E-state index in [1.807, 2.05) is 0 Å². The highest BCUT2D eigenvalue weighted by Gasteiger charge is 2.20. The predicted molar refractivity (Wildman–Crippen MR) is 120 cm³/mol. The number of sulfone groups is 1. The molecule has 0 radical (unpaired) electrons. The third-order valence-corrected chi connectivity index (χ3v) is 6.92. The van der Waals surface area contributed by atoms with Gasteiger partial charge >= 0.3 is 5.97 Å². The Labute approximate surface area is 193 Å². The summed E-state index contributed by atoms with van der Waals surface area (Å²) in [6.07, 6.45) is 0.364. The lowest BCUT2D eigenvalue weighted by molar-refractivity contribution is -0.146. The molecule has 2 atom stereocenters. The van der Waals surface area contributed by atoms with E-state index >= 15 is 0 Å². The standard InChI is InChI=1S/C22H26Cl2O6S/c1-4-15(2)13-28-17-5-7-19(8-6-17)31(26,27)20-9-10-22(21(24)11-20)29-14-18(12-23)30-16(3)25/h5-11,15,18H,4,12-14H2,1-3H3/t15-,18-/m1/s1. The first-order valence-electron chi connectivity index (χ1n) is 9.80. The normalized spacial score (nSPS) is 13.3. The van der Waals surface area contributed by atoms with Gasteiger partial charge in [-0.1, -0.05) is 31.9 Å². The van der Waals surface area contributed by atoms with Crippen LogP contribution in [0.25, 0.3) is 0 Å². The lowest BCUT2D eigenvalue weighted by atomic mass is 10.1. The Morgan fingerprint density at radius 3 is 2.23 bits per heavy atom. The summed E-state index contributed by atoms with van der Waals surface area (Å²) in [5, 5.41) is 0.116. The van der Waals surface area contributed by atoms with Crippen LogP contribution in [0.4, 0.5) is 0 Å². The average Bonchev–Trinajstić information content (AvgIpc) is 2.75. The first-order chi connectivity index (χ1) is 14.7. The largest absolute Gasteiger partial charge is 0.493 e. The number of hydrogen-bond acceptors (Lipinski definition) is 6. The molecule has 2 aromatic rings. The zero-order valence-corrected chi connectivity index (χ0v) is 20.0. The minimum atomic E-state index is -3.77. The molecule has 0 aliphatic rings. The molecule has 170 valence electrons. The molecule has 0 amide bonds. The first-order valence-corrected chi connectivity index (χ1v) is 12.2. The van der Waals surface area contributed by atoms with Crippen LogP contribution in [0.3, 0.4) is 0 Å². The van der Waals surface area contributed by atoms with Crippen LogP contribution in [0.5, 0.6) is 11.5 Å². The van der Waals surface area contributed by atoms with Crippen molar-refractivity contribution in [3.05, 3.63) is 47.5 Å². The van der Waals surface area contributed by atoms with Gasteiger partial charge in [-0.25, -0.2) is 8.42 Å². The van der Waals surface area contributed by atoms with Crippen molar-refractivity contribution in [3.63, 3.8) is 0 Å². The van der Waals surface area contributed by atoms with Crippen molar-refractivity contribution in [2.24, 2.45) is 5.92 Å². The van der Waals surface area contributed by atoms with E-state index in [9.17, 15) is 13.2 Å². The molecule has 0 aliphatic carbocycles. The molecule has 2 rings (SSSR count). The van der Waals surface area contributed by atoms with E-state index in [2.05, 4.69) is 13.8 Å². The Kier molecular flexibility index (Phi) is 9.47. The topological polar surface area (TPSA) is 78.9 Å². The van der Waals surface area contributed by atoms with Crippen LogP contribution in [0.2, 0.25) is 5.02 Å². The smallest absolute Gasteiger partial charge is 0.303 e. The number of halogens is 2. The molecule has 0 saturated carbocycles. The number of ether oxygens (including phenoxy) is 3. The first kappa shape index (κ1) is 25.3. The predicted octanol–water partition coefficient (Wildman–Crippen LogP) is 5.15. The summed E-state index contributed by atoms with van der Waals surface area (Å²) < 4.78 is 42.1. The van der Waals surface area contributed by atoms with Crippen LogP contribution in [0.15, 0.2) is 52.3 Å². The fourth-order valence-corrected chi connectivity index (χ4v) is 4.24. The molecule has 0 heterocycles. The van der Waals surface area contributed by atoms with Gasteiger partial charge in [-0.05, 0) is 48.4 Å². The van der Waals surface area contributed by atoms with Crippen molar-refractivity contribution in [3.8, 4) is 11.5 Å². The molecule has 0 spiro atoms. The van der Waals surface area contributed by atoms with E-state index in [0.29, 0.717) is 18.3 Å². The number of esters is 1. The molecule has 6 nitrogen and oxygen atoms in total. The Morgan fingerprint density at radius 1 is 1.03 bits per heavy atom. The molecule has 0 saturated heterocycles. The third kappa shape index (κ3) is 7.30. The summed E-state index contributed by atoms with van der Waals surface area (Å²) in [6, 6.07) is 10.5. The van der Waals surface area contributed by atoms with Gasteiger partial charge in [0.15, 0.2) is 0 Å². The maximum Gasteiger partial charge on any atom is 0.303 e. The highest BCUT2D eigenvalue weighted by Crippen LogP contribution is 2.31. The number of benzene rings is 2. The molecular formula is C22H26Cl2O6S. The molecule has 0 unspecified atom stereocenters. The highest BCUT2D eigenvalue weighted by molar-refractivity contribution is 7.91. The fraction of sp³-hybridized carbons (Fsp3) is 0.409. The third-order valence-electron chi connectivity index (χ3n) is 4.51. The SMILES string of the molecule is CC[C@@H](C)COc1ccc(S(=O)(=O)c2ccc(OC[C@@H](CCl)OC(C)=O)c(Cl)c2)cc1. The Morgan fingerprint density at radius 2 is 1.68 bits per heavy atom. The van der Waals surface area contributed by atoms with E-state index in [-0.39, 0.29) is 33.0 Å². The Bertz CT molecular complexity index is 976. The van der Waals surface area contributed by atoms with Gasteiger partial charge in [0, 0.05) is 6.92 Å². The molecule has 0 aliphatic heterocycles. The summed E-state index contributed by atoms with van der Waals surface area (Å²) in [4.78, 5) is 11.2. The molecule has 0 bridgehead atoms. The van der Waals surface area contributed by atoms with Crippen molar-refractivity contribution in [1.82, 2.24) is 0 Å². The lowest BCUT2D eigenvalue weighted by Crippen LogP contribution is -2.25. The lowest BCUT2D eigenvalue weighted by Gasteiger charge is -2.16. The van der Waals surface area contributed by atoms with Gasteiger partial charge in [-0.2, -0.15) is 0 Å². The van der Waals surface area contributed by atoms with Crippen LogP contribution in [-0.2, 0) is 19.4 Å². The number of rotatable bonds is 11. The summed E-state index contributed by atoms with van der Waals surface area (Å²) >= 11 is 12.0. The maximum absolute atomic E-state index is 12.9. The number of carbonyl (C=O) groups excluding carboxylic acids is 1. The monoisotopic (exact) mass is 488 g/mol. The molecule has 0 aromatic heterocycles. The van der Waals surface area contributed by atoms with E-state index < -0.39 is 21.9 Å². The molecule has 31 heavy (non-hydrogen) atoms. The van der Waals surface area contributed by atoms with E-state index in [0.717, 1.165) is 6.42 Å². The summed E-state index contributed by atoms with van der Waals surface area (Å²) in [5.74, 6) is 0.873. The van der Waals surface area contributed by atoms with Gasteiger partial charge in [0.2, 0.25) is 9.84 Å². The van der Waals surface area contributed by atoms with Crippen molar-refractivity contribution in [2.45, 2.75) is 43.1 Å². The van der Waals surface area contributed by atoms with Crippen LogP contribution in [-0.4, -0.2) is 39.6 Å². The summed E-state index contributed by atoms with van der Waals surface area (Å²) in [5.41, 5.74) is 0. The second kappa shape index (κ2) is 11.6. The number of hydrogen-bond donors (Lipinski definition) is 0. The number of carbonyl (C=O) groups is 1. The quantitative estimate of drug-likeness (QED) is 0.321. The minimum absolute atomic E-state index is 0.00694. The fourth-order valence-electron chi connectivity index (χ4n) is 2.50. The van der Waals surface area contributed by atoms with Gasteiger partial charge in [0.05, 0.1) is 27.3 Å². The minimum Gasteiger partial charge on any atom is -0.493 e. The molecule has 0 fully saturated rings. The van der Waals surface area contributed by atoms with Crippen LogP contribution >= 0.6 is 23.2 Å². The zero-order chi connectivity index (χ0) is 23.0. The van der Waals surface area contributed by atoms with Crippen molar-refractivity contribution < 1.29 is 27.4 Å². The van der Waals surface area contributed by atoms with E-state index in [4.69, 9.17) is 37.4 Å². The second-order valence-corrected chi connectivity index (χ2v) is 9.75. The second-order valence-electron chi connectivity index (χ2n) is 7.09. The highest BCUT2D eigenvalue weighted by atomic mass is 35.5. The van der Waals surface area contributed by atoms with Gasteiger partial charge in [-0.3, -0.25) is 4.79 Å². The van der Waals surface area contributed by atoms with E-state index in [1.54, 1.807) is 12.1 Å². The van der Waals surface area contributed by atoms with Crippen LogP contribution < -0.4 is 9.47 Å². The van der Waals surface area contributed by atoms with Gasteiger partial charge in [0.25, 0.3) is 0 Å². The van der Waals surface area contributed by atoms with Crippen LogP contribution in [0.1, 0.15) is 27.2 Å². The molecule has 9 heteroatoms. The van der Waals surface area contributed by atoms with Crippen molar-refractivity contribution >= 4 is 39.0 Å². The number of alkyl halides is 1. The molecule has 2 aromatic carbocycles. The zero-order valence-electron chi connectivity index (χ0n) is 17.6. The molecule has 0 N–H and O–H groups in total. The van der Waals surface area contributed by atoms with Crippen molar-refractivity contribution in [2.75, 3.05) is 19.1 Å².